The fourth-order valence-corrected chi connectivity index (χ4v) is 12.7. The summed E-state index contributed by atoms with van der Waals surface area (Å²) in [5.41, 5.74) is -4.14. The number of hydrogen-bond donors (Lipinski definition) is 2. The minimum Gasteiger partial charge on any atom is -0.462 e. The maximum absolute atomic E-state index is 13.8. The van der Waals surface area contributed by atoms with Gasteiger partial charge in [-0.2, -0.15) is 0 Å². The number of piperidine rings is 1. The molecule has 1 heterocycles. The summed E-state index contributed by atoms with van der Waals surface area (Å²) in [4.78, 5) is 28.9. The van der Waals surface area contributed by atoms with Crippen LogP contribution in [0.2, 0.25) is 0 Å². The molecule has 5 aliphatic carbocycles. The van der Waals surface area contributed by atoms with Gasteiger partial charge in [0.1, 0.15) is 35.6 Å². The predicted octanol–water partition coefficient (Wildman–Crippen LogP) is 1.69. The van der Waals surface area contributed by atoms with Crippen molar-refractivity contribution in [2.75, 3.05) is 54.7 Å². The number of rotatable bonds is 11. The number of hydrogen-bond acceptors (Lipinski definition) is 12. The van der Waals surface area contributed by atoms with Crippen molar-refractivity contribution in [3.05, 3.63) is 35.9 Å². The number of aliphatic hydroxyl groups is 2. The maximum Gasteiger partial charge on any atom is 0.338 e. The van der Waals surface area contributed by atoms with Crippen molar-refractivity contribution in [2.24, 2.45) is 34.5 Å². The second-order valence-corrected chi connectivity index (χ2v) is 14.8. The third kappa shape index (κ3) is 4.00. The standard InChI is InChI=1S/C36H51NO11/c1-8-37-17-33(18-42-4)22(47-19(3)38)15-23(43-5)35-21-16-34(41)30(48-32(40)20-13-11-10-12-14-20)24(21)36(46-9-2,29(39)31(34)45-7)25(28(35)37)26(44-6)27(33)35/h10-14,21-31,39,41H,8-9,15-18H2,1-7H3/t21-,22-,23+,24-,25+,26+,27-,28-,29+,30-,31+,33+,34-,35?,36-/m1/s1. The van der Waals surface area contributed by atoms with Crippen LogP contribution in [0.25, 0.3) is 0 Å². The molecule has 15 atom stereocenters. The minimum absolute atomic E-state index is 0.170. The summed E-state index contributed by atoms with van der Waals surface area (Å²) in [5, 5.41) is 25.5. The summed E-state index contributed by atoms with van der Waals surface area (Å²) in [6.45, 7) is 7.20. The van der Waals surface area contributed by atoms with Gasteiger partial charge in [0.2, 0.25) is 0 Å². The van der Waals surface area contributed by atoms with Gasteiger partial charge in [0, 0.05) is 89.6 Å². The van der Waals surface area contributed by atoms with E-state index >= 15 is 0 Å². The Kier molecular flexibility index (Phi) is 8.55. The number of methoxy groups -OCH3 is 4. The van der Waals surface area contributed by atoms with Gasteiger partial charge < -0.3 is 43.4 Å². The number of likely N-dealkylation sites (tertiary alicyclic amines) is 1. The lowest BCUT2D eigenvalue weighted by Crippen LogP contribution is -2.81. The molecule has 1 aromatic rings. The number of aliphatic hydroxyl groups excluding tert-OH is 1. The quantitative estimate of drug-likeness (QED) is 0.330. The summed E-state index contributed by atoms with van der Waals surface area (Å²) in [6, 6.07) is 8.51. The molecule has 7 bridgehead atoms. The average molecular weight is 674 g/mol. The summed E-state index contributed by atoms with van der Waals surface area (Å²) < 4.78 is 44.7. The van der Waals surface area contributed by atoms with Crippen LogP contribution in [0.1, 0.15) is 44.0 Å². The average Bonchev–Trinajstić information content (AvgIpc) is 3.44. The molecule has 6 aliphatic rings. The molecular weight excluding hydrogens is 622 g/mol. The molecule has 1 aromatic carbocycles. The highest BCUT2D eigenvalue weighted by atomic mass is 16.6. The third-order valence-corrected chi connectivity index (χ3v) is 13.5. The molecule has 1 saturated heterocycles. The number of ether oxygens (including phenoxy) is 7. The van der Waals surface area contributed by atoms with Crippen molar-refractivity contribution in [1.82, 2.24) is 4.90 Å². The lowest BCUT2D eigenvalue weighted by molar-refractivity contribution is -0.330. The van der Waals surface area contributed by atoms with E-state index in [2.05, 4.69) is 11.8 Å². The van der Waals surface area contributed by atoms with Crippen molar-refractivity contribution in [1.29, 1.82) is 0 Å². The molecule has 7 rings (SSSR count). The lowest BCUT2D eigenvalue weighted by atomic mass is 9.42. The molecular formula is C36H51NO11. The Bertz CT molecular complexity index is 1400. The molecule has 5 saturated carbocycles. The highest BCUT2D eigenvalue weighted by Crippen LogP contribution is 2.80. The van der Waals surface area contributed by atoms with Crippen LogP contribution in [0.4, 0.5) is 0 Å². The van der Waals surface area contributed by atoms with Crippen molar-refractivity contribution in [2.45, 2.75) is 87.5 Å². The normalized spacial score (nSPS) is 48.3. The number of benzene rings is 1. The van der Waals surface area contributed by atoms with Gasteiger partial charge in [-0.25, -0.2) is 4.79 Å². The van der Waals surface area contributed by atoms with Gasteiger partial charge in [-0.05, 0) is 37.9 Å². The molecule has 12 heteroatoms. The van der Waals surface area contributed by atoms with E-state index in [1.165, 1.54) is 14.0 Å². The summed E-state index contributed by atoms with van der Waals surface area (Å²) in [6.07, 6.45) is -4.37. The first-order valence-electron chi connectivity index (χ1n) is 17.3. The molecule has 0 radical (unpaired) electrons. The van der Waals surface area contributed by atoms with Crippen LogP contribution in [-0.4, -0.2) is 136 Å². The van der Waals surface area contributed by atoms with Crippen LogP contribution in [-0.2, 0) is 38.0 Å². The SMILES string of the molecule is CCO[C@@]12[C@@H]3[C@@H](C[C@@](O)([C@@H]3OC(=O)c3ccccc3)[C@@H](OC)[C@@H]1O)C13[C@@H](OC)C[C@@H](OC(C)=O)[C@@]4(COC)CN(CC)[C@@H]1[C@@H]2[C@H](OC)[C@@H]34. The van der Waals surface area contributed by atoms with E-state index in [4.69, 9.17) is 33.2 Å². The molecule has 0 amide bonds. The van der Waals surface area contributed by atoms with Crippen molar-refractivity contribution in [3.8, 4) is 0 Å². The zero-order valence-corrected chi connectivity index (χ0v) is 29.0. The molecule has 12 nitrogen and oxygen atoms in total. The molecule has 6 fully saturated rings. The highest BCUT2D eigenvalue weighted by molar-refractivity contribution is 5.89. The van der Waals surface area contributed by atoms with Gasteiger partial charge in [-0.15, -0.1) is 0 Å². The van der Waals surface area contributed by atoms with Crippen LogP contribution in [0.15, 0.2) is 30.3 Å². The van der Waals surface area contributed by atoms with Gasteiger partial charge in [-0.3, -0.25) is 9.69 Å². The molecule has 1 spiro atoms. The molecule has 1 aliphatic heterocycles. The molecule has 1 unspecified atom stereocenters. The van der Waals surface area contributed by atoms with Gasteiger partial charge in [0.25, 0.3) is 0 Å². The predicted molar refractivity (Wildman–Crippen MR) is 170 cm³/mol. The zero-order valence-electron chi connectivity index (χ0n) is 29.0. The van der Waals surface area contributed by atoms with Gasteiger partial charge >= 0.3 is 11.9 Å². The number of carbonyl (C=O) groups is 2. The first kappa shape index (κ1) is 34.3. The second kappa shape index (κ2) is 12.0. The van der Waals surface area contributed by atoms with Crippen LogP contribution in [0.3, 0.4) is 0 Å². The van der Waals surface area contributed by atoms with Gasteiger partial charge in [-0.1, -0.05) is 25.1 Å². The molecule has 2 N–H and O–H groups in total. The first-order valence-corrected chi connectivity index (χ1v) is 17.3. The van der Waals surface area contributed by atoms with Crippen LogP contribution in [0, 0.1) is 34.5 Å². The third-order valence-electron chi connectivity index (χ3n) is 13.5. The smallest absolute Gasteiger partial charge is 0.338 e. The Morgan fingerprint density at radius 3 is 2.27 bits per heavy atom. The van der Waals surface area contributed by atoms with Crippen molar-refractivity contribution >= 4 is 11.9 Å². The Morgan fingerprint density at radius 2 is 1.69 bits per heavy atom. The summed E-state index contributed by atoms with van der Waals surface area (Å²) in [7, 11) is 6.51. The van der Waals surface area contributed by atoms with Crippen molar-refractivity contribution < 1.29 is 53.0 Å². The van der Waals surface area contributed by atoms with E-state index < -0.39 is 76.5 Å². The Hall–Kier alpha value is -2.16. The monoisotopic (exact) mass is 673 g/mol. The fraction of sp³-hybridized carbons (Fsp3) is 0.778. The summed E-state index contributed by atoms with van der Waals surface area (Å²) >= 11 is 0. The fourth-order valence-electron chi connectivity index (χ4n) is 12.7. The first-order chi connectivity index (χ1) is 23.0. The van der Waals surface area contributed by atoms with E-state index in [1.807, 2.05) is 13.0 Å². The van der Waals surface area contributed by atoms with E-state index in [-0.39, 0.29) is 36.9 Å². The van der Waals surface area contributed by atoms with Crippen LogP contribution >= 0.6 is 0 Å². The minimum atomic E-state index is -1.74. The van der Waals surface area contributed by atoms with Gasteiger partial charge in [0.15, 0.2) is 0 Å². The van der Waals surface area contributed by atoms with Crippen molar-refractivity contribution in [3.63, 3.8) is 0 Å². The molecule has 0 aromatic heterocycles. The Labute approximate surface area is 282 Å². The summed E-state index contributed by atoms with van der Waals surface area (Å²) in [5.74, 6) is -2.72. The maximum atomic E-state index is 13.8. The van der Waals surface area contributed by atoms with E-state index in [9.17, 15) is 19.8 Å². The molecule has 48 heavy (non-hydrogen) atoms. The highest BCUT2D eigenvalue weighted by Gasteiger charge is 2.91. The largest absolute Gasteiger partial charge is 0.462 e. The second-order valence-electron chi connectivity index (χ2n) is 14.8. The van der Waals surface area contributed by atoms with Gasteiger partial charge in [0.05, 0.1) is 24.4 Å². The number of fused-ring (bicyclic) bond motifs is 2. The van der Waals surface area contributed by atoms with E-state index in [0.717, 1.165) is 0 Å². The zero-order chi connectivity index (χ0) is 34.4. The number of esters is 2. The number of nitrogens with zero attached hydrogens (tertiary/aromatic N) is 1. The topological polar surface area (TPSA) is 142 Å². The van der Waals surface area contributed by atoms with E-state index in [1.54, 1.807) is 45.6 Å². The molecule has 266 valence electrons. The van der Waals surface area contributed by atoms with Crippen LogP contribution < -0.4 is 0 Å². The van der Waals surface area contributed by atoms with Crippen LogP contribution in [0.5, 0.6) is 0 Å². The lowest BCUT2D eigenvalue weighted by Gasteiger charge is -2.70. The Balaban J connectivity index is 1.51. The number of carbonyl (C=O) groups excluding carboxylic acids is 2. The van der Waals surface area contributed by atoms with E-state index in [0.29, 0.717) is 31.7 Å². The Morgan fingerprint density at radius 1 is 0.958 bits per heavy atom.